The molecule has 0 bridgehead atoms. The van der Waals surface area contributed by atoms with Crippen LogP contribution in [-0.4, -0.2) is 43.3 Å². The number of hydrogen-bond donors (Lipinski definition) is 0. The molecule has 0 N–H and O–H groups in total. The zero-order valence-corrected chi connectivity index (χ0v) is 24.3. The van der Waals surface area contributed by atoms with Gasteiger partial charge in [0.15, 0.2) is 0 Å². The van der Waals surface area contributed by atoms with E-state index in [0.717, 1.165) is 68.4 Å². The summed E-state index contributed by atoms with van der Waals surface area (Å²) in [5.41, 5.74) is 8.16. The number of para-hydroxylation sites is 2. The van der Waals surface area contributed by atoms with E-state index in [1.165, 1.54) is 10.8 Å². The van der Waals surface area contributed by atoms with Gasteiger partial charge in [0.2, 0.25) is 11.8 Å². The van der Waals surface area contributed by atoms with E-state index in [4.69, 9.17) is 19.4 Å². The van der Waals surface area contributed by atoms with Crippen molar-refractivity contribution in [3.63, 3.8) is 0 Å². The van der Waals surface area contributed by atoms with Gasteiger partial charge in [-0.25, -0.2) is 9.97 Å². The molecule has 0 amide bonds. The molecule has 8 heteroatoms. The quantitative estimate of drug-likeness (QED) is 0.195. The molecule has 8 aromatic rings. The first-order chi connectivity index (χ1) is 21.7. The molecule has 0 radical (unpaired) electrons. The Kier molecular flexibility index (Phi) is 6.19. The molecule has 0 saturated carbocycles. The van der Waals surface area contributed by atoms with Crippen LogP contribution >= 0.6 is 0 Å². The first kappa shape index (κ1) is 25.9. The Labute approximate surface area is 253 Å². The van der Waals surface area contributed by atoms with Crippen molar-refractivity contribution in [1.29, 1.82) is 0 Å². The van der Waals surface area contributed by atoms with Gasteiger partial charge in [0, 0.05) is 93.7 Å². The summed E-state index contributed by atoms with van der Waals surface area (Å²) in [7, 11) is 3.25. The number of rotatable bonds is 7. The maximum Gasteiger partial charge on any atom is 0.212 e. The molecule has 6 heterocycles. The van der Waals surface area contributed by atoms with Crippen LogP contribution in [0.1, 0.15) is 0 Å². The molecule has 0 saturated heterocycles. The smallest absolute Gasteiger partial charge is 0.212 e. The summed E-state index contributed by atoms with van der Waals surface area (Å²) >= 11 is 0. The van der Waals surface area contributed by atoms with E-state index < -0.39 is 0 Å². The Morgan fingerprint density at radius 1 is 0.500 bits per heavy atom. The number of hydrogen-bond acceptors (Lipinski definition) is 6. The molecule has 8 nitrogen and oxygen atoms in total. The minimum atomic E-state index is 0.573. The highest BCUT2D eigenvalue weighted by molar-refractivity contribution is 6.13. The molecule has 0 atom stereocenters. The van der Waals surface area contributed by atoms with Crippen LogP contribution in [-0.2, 0) is 13.1 Å². The van der Waals surface area contributed by atoms with Crippen molar-refractivity contribution in [3.8, 4) is 34.3 Å². The summed E-state index contributed by atoms with van der Waals surface area (Å²) in [4.78, 5) is 18.7. The Hall–Kier alpha value is -5.76. The summed E-state index contributed by atoms with van der Waals surface area (Å²) in [5.74, 6) is 1.15. The third-order valence-corrected chi connectivity index (χ3v) is 8.34. The fourth-order valence-electron chi connectivity index (χ4n) is 6.37. The van der Waals surface area contributed by atoms with Crippen LogP contribution in [0, 0.1) is 0 Å². The molecule has 2 aromatic carbocycles. The van der Waals surface area contributed by atoms with E-state index >= 15 is 0 Å². The SMILES string of the molecule is COc1ccc(-c2nccc3c4ccccc4n(CCn4c5ccccc5c5ccnc(-c6ccc(OC)nc6)c54)c23)cn1. The summed E-state index contributed by atoms with van der Waals surface area (Å²) < 4.78 is 15.4. The molecule has 0 aliphatic rings. The Morgan fingerprint density at radius 2 is 0.955 bits per heavy atom. The lowest BCUT2D eigenvalue weighted by molar-refractivity contribution is 0.398. The molecule has 214 valence electrons. The van der Waals surface area contributed by atoms with Crippen LogP contribution in [0.2, 0.25) is 0 Å². The van der Waals surface area contributed by atoms with E-state index in [2.05, 4.69) is 79.8 Å². The first-order valence-electron chi connectivity index (χ1n) is 14.5. The number of nitrogens with zero attached hydrogens (tertiary/aromatic N) is 6. The molecular formula is C36H28N6O2. The molecule has 0 unspecified atom stereocenters. The van der Waals surface area contributed by atoms with Gasteiger partial charge >= 0.3 is 0 Å². The third-order valence-electron chi connectivity index (χ3n) is 8.34. The number of methoxy groups -OCH3 is 2. The van der Waals surface area contributed by atoms with Crippen molar-refractivity contribution >= 4 is 43.6 Å². The van der Waals surface area contributed by atoms with Crippen LogP contribution in [0.5, 0.6) is 11.8 Å². The fourth-order valence-corrected chi connectivity index (χ4v) is 6.37. The van der Waals surface area contributed by atoms with Crippen molar-refractivity contribution in [2.75, 3.05) is 14.2 Å². The predicted molar refractivity (Wildman–Crippen MR) is 174 cm³/mol. The molecule has 0 spiro atoms. The van der Waals surface area contributed by atoms with Gasteiger partial charge in [-0.3, -0.25) is 9.97 Å². The van der Waals surface area contributed by atoms with Crippen LogP contribution < -0.4 is 9.47 Å². The van der Waals surface area contributed by atoms with Gasteiger partial charge in [-0.1, -0.05) is 36.4 Å². The zero-order chi connectivity index (χ0) is 29.6. The second-order valence-corrected chi connectivity index (χ2v) is 10.6. The minimum Gasteiger partial charge on any atom is -0.481 e. The van der Waals surface area contributed by atoms with Gasteiger partial charge in [-0.2, -0.15) is 0 Å². The van der Waals surface area contributed by atoms with Gasteiger partial charge < -0.3 is 18.6 Å². The summed E-state index contributed by atoms with van der Waals surface area (Å²) in [6.07, 6.45) is 7.42. The highest BCUT2D eigenvalue weighted by atomic mass is 16.5. The topological polar surface area (TPSA) is 79.9 Å². The maximum absolute atomic E-state index is 5.31. The second kappa shape index (κ2) is 10.5. The van der Waals surface area contributed by atoms with Crippen molar-refractivity contribution < 1.29 is 9.47 Å². The number of aryl methyl sites for hydroxylation is 2. The second-order valence-electron chi connectivity index (χ2n) is 10.6. The summed E-state index contributed by atoms with van der Waals surface area (Å²) in [5, 5.41) is 4.72. The summed E-state index contributed by atoms with van der Waals surface area (Å²) in [6.45, 7) is 1.44. The van der Waals surface area contributed by atoms with Crippen molar-refractivity contribution in [2.24, 2.45) is 0 Å². The van der Waals surface area contributed by atoms with Crippen LogP contribution in [0.4, 0.5) is 0 Å². The van der Waals surface area contributed by atoms with Gasteiger partial charge in [0.1, 0.15) is 0 Å². The molecule has 0 fully saturated rings. The molecule has 6 aromatic heterocycles. The molecular weight excluding hydrogens is 548 g/mol. The van der Waals surface area contributed by atoms with Crippen LogP contribution in [0.3, 0.4) is 0 Å². The Morgan fingerprint density at radius 3 is 1.36 bits per heavy atom. The van der Waals surface area contributed by atoms with Gasteiger partial charge in [-0.05, 0) is 36.4 Å². The van der Waals surface area contributed by atoms with Gasteiger partial charge in [-0.15, -0.1) is 0 Å². The number of fused-ring (bicyclic) bond motifs is 6. The minimum absolute atomic E-state index is 0.573. The van der Waals surface area contributed by atoms with E-state index in [9.17, 15) is 0 Å². The van der Waals surface area contributed by atoms with E-state index in [1.807, 2.05) is 49.1 Å². The first-order valence-corrected chi connectivity index (χ1v) is 14.5. The lowest BCUT2D eigenvalue weighted by atomic mass is 10.1. The Balaban J connectivity index is 1.32. The van der Waals surface area contributed by atoms with Crippen molar-refractivity contribution in [1.82, 2.24) is 29.1 Å². The lowest BCUT2D eigenvalue weighted by Gasteiger charge is -2.14. The van der Waals surface area contributed by atoms with Crippen LogP contribution in [0.15, 0.2) is 110 Å². The van der Waals surface area contributed by atoms with Crippen LogP contribution in [0.25, 0.3) is 66.1 Å². The van der Waals surface area contributed by atoms with Crippen molar-refractivity contribution in [3.05, 3.63) is 110 Å². The average molecular weight is 577 g/mol. The molecule has 0 aliphatic heterocycles. The maximum atomic E-state index is 5.31. The molecule has 0 aliphatic carbocycles. The normalized spacial score (nSPS) is 11.6. The Bertz CT molecular complexity index is 2140. The van der Waals surface area contributed by atoms with E-state index in [-0.39, 0.29) is 0 Å². The zero-order valence-electron chi connectivity index (χ0n) is 24.3. The third kappa shape index (κ3) is 4.06. The molecule has 8 rings (SSSR count). The average Bonchev–Trinajstić information content (AvgIpc) is 3.60. The highest BCUT2D eigenvalue weighted by Gasteiger charge is 2.19. The largest absolute Gasteiger partial charge is 0.481 e. The number of benzene rings is 2. The number of pyridine rings is 4. The highest BCUT2D eigenvalue weighted by Crippen LogP contribution is 2.37. The van der Waals surface area contributed by atoms with Crippen molar-refractivity contribution in [2.45, 2.75) is 13.1 Å². The van der Waals surface area contributed by atoms with Gasteiger partial charge in [0.25, 0.3) is 0 Å². The monoisotopic (exact) mass is 576 g/mol. The van der Waals surface area contributed by atoms with E-state index in [0.29, 0.717) is 11.8 Å². The van der Waals surface area contributed by atoms with E-state index in [1.54, 1.807) is 14.2 Å². The predicted octanol–water partition coefficient (Wildman–Crippen LogP) is 7.53. The summed E-state index contributed by atoms with van der Waals surface area (Å²) in [6, 6.07) is 29.1. The number of aromatic nitrogens is 6. The van der Waals surface area contributed by atoms with Gasteiger partial charge in [0.05, 0.1) is 36.6 Å². The standard InChI is InChI=1S/C36H28N6O2/c1-43-31-13-11-23(21-39-31)33-35-27(15-17-37-33)25-7-3-5-9-29(25)41(35)19-20-42-30-10-6-4-8-26(30)28-16-18-38-34(36(28)42)24-12-14-32(44-2)40-22-24/h3-18,21-22H,19-20H2,1-2H3. The lowest BCUT2D eigenvalue weighted by Crippen LogP contribution is -2.08. The number of ether oxygens (including phenoxy) is 2. The fraction of sp³-hybridized carbons (Fsp3) is 0.111. The molecule has 44 heavy (non-hydrogen) atoms.